The molecule has 4 nitrogen and oxygen atoms in total. The minimum atomic E-state index is 0.0863. The highest BCUT2D eigenvalue weighted by Crippen LogP contribution is 2.32. The molecule has 1 aromatic heterocycles. The average molecular weight is 427 g/mol. The van der Waals surface area contributed by atoms with E-state index >= 15 is 0 Å². The molecule has 3 aromatic rings. The monoisotopic (exact) mass is 426 g/mol. The number of rotatable bonds is 7. The first kappa shape index (κ1) is 20.4. The SMILES string of the molecule is CCc1cccc2sc(N(CC3CCCO3)C(=O)CSc3ccc(C)cc3)nc12. The summed E-state index contributed by atoms with van der Waals surface area (Å²) in [5.74, 6) is 0.481. The van der Waals surface area contributed by atoms with Crippen LogP contribution in [0, 0.1) is 6.92 Å². The molecule has 2 aromatic carbocycles. The Morgan fingerprint density at radius 1 is 1.28 bits per heavy atom. The average Bonchev–Trinajstić information content (AvgIpc) is 3.40. The van der Waals surface area contributed by atoms with Crippen LogP contribution < -0.4 is 4.90 Å². The maximum Gasteiger partial charge on any atom is 0.239 e. The van der Waals surface area contributed by atoms with Gasteiger partial charge in [-0.05, 0) is 49.9 Å². The predicted molar refractivity (Wildman–Crippen MR) is 122 cm³/mol. The van der Waals surface area contributed by atoms with Gasteiger partial charge in [0.15, 0.2) is 5.13 Å². The Morgan fingerprint density at radius 2 is 2.10 bits per heavy atom. The number of anilines is 1. The fourth-order valence-corrected chi connectivity index (χ4v) is 5.35. The maximum atomic E-state index is 13.2. The molecule has 4 rings (SSSR count). The van der Waals surface area contributed by atoms with Crippen molar-refractivity contribution >= 4 is 44.4 Å². The predicted octanol–water partition coefficient (Wildman–Crippen LogP) is 5.47. The lowest BCUT2D eigenvalue weighted by atomic mass is 10.1. The van der Waals surface area contributed by atoms with Crippen molar-refractivity contribution in [1.82, 2.24) is 4.98 Å². The van der Waals surface area contributed by atoms with Crippen molar-refractivity contribution in [3.63, 3.8) is 0 Å². The summed E-state index contributed by atoms with van der Waals surface area (Å²) < 4.78 is 6.96. The molecule has 152 valence electrons. The first-order chi connectivity index (χ1) is 14.1. The van der Waals surface area contributed by atoms with Gasteiger partial charge in [-0.2, -0.15) is 0 Å². The van der Waals surface area contributed by atoms with Crippen molar-refractivity contribution in [2.75, 3.05) is 23.8 Å². The molecule has 6 heteroatoms. The molecule has 0 aliphatic carbocycles. The van der Waals surface area contributed by atoms with Gasteiger partial charge in [-0.15, -0.1) is 11.8 Å². The Bertz CT molecular complexity index is 978. The van der Waals surface area contributed by atoms with Gasteiger partial charge >= 0.3 is 0 Å². The van der Waals surface area contributed by atoms with Crippen molar-refractivity contribution in [2.45, 2.75) is 44.1 Å². The van der Waals surface area contributed by atoms with Crippen LogP contribution in [0.25, 0.3) is 10.2 Å². The smallest absolute Gasteiger partial charge is 0.239 e. The van der Waals surface area contributed by atoms with E-state index in [0.29, 0.717) is 12.3 Å². The molecule has 1 saturated heterocycles. The Kier molecular flexibility index (Phi) is 6.53. The van der Waals surface area contributed by atoms with Crippen LogP contribution in [0.3, 0.4) is 0 Å². The summed E-state index contributed by atoms with van der Waals surface area (Å²) in [7, 11) is 0. The van der Waals surface area contributed by atoms with E-state index in [1.807, 2.05) is 4.90 Å². The number of amides is 1. The third-order valence-electron chi connectivity index (χ3n) is 5.20. The van der Waals surface area contributed by atoms with Gasteiger partial charge in [-0.25, -0.2) is 4.98 Å². The number of thiazole rings is 1. The first-order valence-corrected chi connectivity index (χ1v) is 11.9. The zero-order chi connectivity index (χ0) is 20.2. The molecule has 0 N–H and O–H groups in total. The molecular formula is C23H26N2O2S2. The second kappa shape index (κ2) is 9.28. The fourth-order valence-electron chi connectivity index (χ4n) is 3.53. The summed E-state index contributed by atoms with van der Waals surface area (Å²) in [5, 5.41) is 0.783. The molecule has 0 spiro atoms. The van der Waals surface area contributed by atoms with Crippen molar-refractivity contribution < 1.29 is 9.53 Å². The van der Waals surface area contributed by atoms with E-state index in [1.54, 1.807) is 23.1 Å². The van der Waals surface area contributed by atoms with Crippen LogP contribution in [0.1, 0.15) is 30.9 Å². The second-order valence-corrected chi connectivity index (χ2v) is 9.41. The molecule has 29 heavy (non-hydrogen) atoms. The molecule has 0 saturated carbocycles. The number of hydrogen-bond donors (Lipinski definition) is 0. The maximum absolute atomic E-state index is 13.2. The van der Waals surface area contributed by atoms with Crippen LogP contribution >= 0.6 is 23.1 Å². The number of nitrogens with zero attached hydrogens (tertiary/aromatic N) is 2. The molecular weight excluding hydrogens is 400 g/mol. The topological polar surface area (TPSA) is 42.4 Å². The van der Waals surface area contributed by atoms with E-state index in [4.69, 9.17) is 9.72 Å². The second-order valence-electron chi connectivity index (χ2n) is 7.35. The van der Waals surface area contributed by atoms with Crippen molar-refractivity contribution in [3.8, 4) is 0 Å². The summed E-state index contributed by atoms with van der Waals surface area (Å²) in [4.78, 5) is 21.0. The standard InChI is InChI=1S/C23H26N2O2S2/c1-3-17-6-4-8-20-22(17)24-23(29-20)25(14-18-7-5-13-27-18)21(26)15-28-19-11-9-16(2)10-12-19/h4,6,8-12,18H,3,5,7,13-15H2,1-2H3. The molecule has 1 aliphatic heterocycles. The lowest BCUT2D eigenvalue weighted by Crippen LogP contribution is -2.38. The van der Waals surface area contributed by atoms with Crippen LogP contribution in [0.15, 0.2) is 47.4 Å². The molecule has 2 heterocycles. The highest BCUT2D eigenvalue weighted by molar-refractivity contribution is 8.00. The molecule has 0 bridgehead atoms. The van der Waals surface area contributed by atoms with Crippen LogP contribution in [-0.2, 0) is 16.0 Å². The van der Waals surface area contributed by atoms with E-state index in [0.717, 1.165) is 46.1 Å². The first-order valence-electron chi connectivity index (χ1n) is 10.1. The Morgan fingerprint density at radius 3 is 2.83 bits per heavy atom. The van der Waals surface area contributed by atoms with Crippen molar-refractivity contribution in [2.24, 2.45) is 0 Å². The lowest BCUT2D eigenvalue weighted by molar-refractivity contribution is -0.116. The zero-order valence-electron chi connectivity index (χ0n) is 16.9. The number of aromatic nitrogens is 1. The summed E-state index contributed by atoms with van der Waals surface area (Å²) in [6.45, 7) is 5.57. The van der Waals surface area contributed by atoms with E-state index < -0.39 is 0 Å². The van der Waals surface area contributed by atoms with E-state index in [-0.39, 0.29) is 12.0 Å². The highest BCUT2D eigenvalue weighted by Gasteiger charge is 2.26. The number of thioether (sulfide) groups is 1. The molecule has 1 amide bonds. The minimum absolute atomic E-state index is 0.0863. The Balaban J connectivity index is 1.57. The van der Waals surface area contributed by atoms with Crippen LogP contribution in [-0.4, -0.2) is 35.9 Å². The van der Waals surface area contributed by atoms with Gasteiger partial charge < -0.3 is 4.74 Å². The van der Waals surface area contributed by atoms with E-state index in [1.165, 1.54) is 11.1 Å². The number of aryl methyl sites for hydroxylation is 2. The number of carbonyl (C=O) groups excluding carboxylic acids is 1. The number of fused-ring (bicyclic) bond motifs is 1. The summed E-state index contributed by atoms with van der Waals surface area (Å²) in [5.41, 5.74) is 3.47. The van der Waals surface area contributed by atoms with Gasteiger partial charge in [-0.1, -0.05) is 48.1 Å². The lowest BCUT2D eigenvalue weighted by Gasteiger charge is -2.23. The van der Waals surface area contributed by atoms with E-state index in [2.05, 4.69) is 56.3 Å². The molecule has 1 fully saturated rings. The third-order valence-corrected chi connectivity index (χ3v) is 7.24. The van der Waals surface area contributed by atoms with Crippen LogP contribution in [0.2, 0.25) is 0 Å². The quantitative estimate of drug-likeness (QED) is 0.470. The normalized spacial score (nSPS) is 16.4. The van der Waals surface area contributed by atoms with Crippen LogP contribution in [0.4, 0.5) is 5.13 Å². The number of carbonyl (C=O) groups is 1. The molecule has 1 aliphatic rings. The number of ether oxygens (including phenoxy) is 1. The van der Waals surface area contributed by atoms with E-state index in [9.17, 15) is 4.79 Å². The summed E-state index contributed by atoms with van der Waals surface area (Å²) in [6, 6.07) is 14.6. The molecule has 0 radical (unpaired) electrons. The molecule has 1 unspecified atom stereocenters. The van der Waals surface area contributed by atoms with Gasteiger partial charge in [0.05, 0.1) is 28.6 Å². The Hall–Kier alpha value is -1.89. The van der Waals surface area contributed by atoms with Gasteiger partial charge in [0.1, 0.15) is 0 Å². The third kappa shape index (κ3) is 4.82. The van der Waals surface area contributed by atoms with Gasteiger partial charge in [0.25, 0.3) is 0 Å². The molecule has 1 atom stereocenters. The highest BCUT2D eigenvalue weighted by atomic mass is 32.2. The zero-order valence-corrected chi connectivity index (χ0v) is 18.5. The number of benzene rings is 2. The van der Waals surface area contributed by atoms with Crippen LogP contribution in [0.5, 0.6) is 0 Å². The minimum Gasteiger partial charge on any atom is -0.376 e. The van der Waals surface area contributed by atoms with Gasteiger partial charge in [0, 0.05) is 11.5 Å². The van der Waals surface area contributed by atoms with Crippen molar-refractivity contribution in [3.05, 3.63) is 53.6 Å². The fraction of sp³-hybridized carbons (Fsp3) is 0.391. The number of para-hydroxylation sites is 1. The Labute approximate surface area is 180 Å². The summed E-state index contributed by atoms with van der Waals surface area (Å²) in [6.07, 6.45) is 3.09. The largest absolute Gasteiger partial charge is 0.376 e. The van der Waals surface area contributed by atoms with Gasteiger partial charge in [0.2, 0.25) is 5.91 Å². The van der Waals surface area contributed by atoms with Gasteiger partial charge in [-0.3, -0.25) is 9.69 Å². The summed E-state index contributed by atoms with van der Waals surface area (Å²) >= 11 is 3.18. The van der Waals surface area contributed by atoms with Crippen molar-refractivity contribution in [1.29, 1.82) is 0 Å². The number of hydrogen-bond acceptors (Lipinski definition) is 5.